The number of aliphatic hydroxyl groups is 1. The molecule has 0 fully saturated rings. The van der Waals surface area contributed by atoms with E-state index in [9.17, 15) is 0 Å². The van der Waals surface area contributed by atoms with Crippen molar-refractivity contribution in [1.82, 2.24) is 14.3 Å². The van der Waals surface area contributed by atoms with E-state index in [1.165, 1.54) is 22.9 Å². The zero-order chi connectivity index (χ0) is 11.4. The van der Waals surface area contributed by atoms with E-state index < -0.39 is 0 Å². The highest BCUT2D eigenvalue weighted by molar-refractivity contribution is 7.10. The van der Waals surface area contributed by atoms with Crippen molar-refractivity contribution in [2.45, 2.75) is 26.5 Å². The molecule has 0 aromatic carbocycles. The molecule has 0 aliphatic carbocycles. The van der Waals surface area contributed by atoms with E-state index >= 15 is 0 Å². The van der Waals surface area contributed by atoms with Crippen LogP contribution in [0.2, 0.25) is 0 Å². The van der Waals surface area contributed by atoms with Gasteiger partial charge in [-0.3, -0.25) is 0 Å². The molecule has 5 nitrogen and oxygen atoms in total. The fourth-order valence-electron chi connectivity index (χ4n) is 1.12. The predicted octanol–water partition coefficient (Wildman–Crippen LogP) is 1.66. The van der Waals surface area contributed by atoms with Crippen LogP contribution >= 0.6 is 22.9 Å². The van der Waals surface area contributed by atoms with Crippen LogP contribution in [-0.2, 0) is 19.6 Å². The molecular weight excluding hydrogens is 244 g/mol. The van der Waals surface area contributed by atoms with E-state index in [-0.39, 0.29) is 6.61 Å². The number of hydrogen-bond donors (Lipinski definition) is 2. The molecule has 0 atom stereocenters. The number of aromatic nitrogens is 3. The summed E-state index contributed by atoms with van der Waals surface area (Å²) in [6.45, 7) is 2.65. The lowest BCUT2D eigenvalue weighted by Gasteiger charge is -1.96. The average Bonchev–Trinajstić information content (AvgIpc) is 2.95. The average molecular weight is 256 g/mol. The number of rotatable bonds is 5. The summed E-state index contributed by atoms with van der Waals surface area (Å²) < 4.78 is 4.18. The molecule has 0 radical (unpaired) electrons. The number of hydrogen-bond acceptors (Lipinski definition) is 7. The van der Waals surface area contributed by atoms with Gasteiger partial charge in [-0.1, -0.05) is 6.92 Å². The quantitative estimate of drug-likeness (QED) is 0.851. The molecule has 2 aromatic heterocycles. The summed E-state index contributed by atoms with van der Waals surface area (Å²) in [5, 5.41) is 15.7. The van der Waals surface area contributed by atoms with Crippen molar-refractivity contribution in [2.75, 3.05) is 5.32 Å². The van der Waals surface area contributed by atoms with E-state index in [2.05, 4.69) is 19.7 Å². The first-order valence-electron chi connectivity index (χ1n) is 4.92. The van der Waals surface area contributed by atoms with E-state index in [0.717, 1.165) is 22.4 Å². The molecule has 2 aromatic rings. The van der Waals surface area contributed by atoms with E-state index in [1.807, 2.05) is 12.3 Å². The Bertz CT molecular complexity index is 412. The zero-order valence-electron chi connectivity index (χ0n) is 8.80. The van der Waals surface area contributed by atoms with Gasteiger partial charge in [0.05, 0.1) is 18.8 Å². The summed E-state index contributed by atoms with van der Waals surface area (Å²) >= 11 is 2.89. The summed E-state index contributed by atoms with van der Waals surface area (Å²) in [5.74, 6) is 0.864. The fraction of sp³-hybridized carbons (Fsp3) is 0.444. The van der Waals surface area contributed by atoms with Crippen LogP contribution < -0.4 is 5.32 Å². The van der Waals surface area contributed by atoms with Crippen LogP contribution in [0, 0.1) is 0 Å². The number of nitrogens with zero attached hydrogens (tertiary/aromatic N) is 3. The molecule has 0 amide bonds. The van der Waals surface area contributed by atoms with Gasteiger partial charge in [-0.2, -0.15) is 4.37 Å². The summed E-state index contributed by atoms with van der Waals surface area (Å²) in [5.41, 5.74) is 0.716. The van der Waals surface area contributed by atoms with Gasteiger partial charge in [0.15, 0.2) is 0 Å². The second-order valence-corrected chi connectivity index (χ2v) is 4.81. The van der Waals surface area contributed by atoms with Crippen LogP contribution in [0.4, 0.5) is 5.13 Å². The minimum Gasteiger partial charge on any atom is -0.390 e. The molecule has 0 saturated heterocycles. The summed E-state index contributed by atoms with van der Waals surface area (Å²) in [7, 11) is 0. The van der Waals surface area contributed by atoms with Gasteiger partial charge in [0.1, 0.15) is 10.8 Å². The molecule has 0 spiro atoms. The number of nitrogens with one attached hydrogen (secondary N) is 1. The maximum absolute atomic E-state index is 8.87. The van der Waals surface area contributed by atoms with Crippen molar-refractivity contribution in [1.29, 1.82) is 0 Å². The first-order chi connectivity index (χ1) is 7.81. The highest BCUT2D eigenvalue weighted by Crippen LogP contribution is 2.15. The Morgan fingerprint density at radius 3 is 2.94 bits per heavy atom. The van der Waals surface area contributed by atoms with Gasteiger partial charge >= 0.3 is 0 Å². The van der Waals surface area contributed by atoms with Gasteiger partial charge in [0.2, 0.25) is 5.13 Å². The molecule has 2 N–H and O–H groups in total. The highest BCUT2D eigenvalue weighted by atomic mass is 32.1. The lowest BCUT2D eigenvalue weighted by molar-refractivity contribution is 0.277. The molecule has 16 heavy (non-hydrogen) atoms. The largest absolute Gasteiger partial charge is 0.390 e. The van der Waals surface area contributed by atoms with Crippen molar-refractivity contribution < 1.29 is 5.11 Å². The van der Waals surface area contributed by atoms with Gasteiger partial charge in [0, 0.05) is 23.3 Å². The molecule has 0 bridgehead atoms. The van der Waals surface area contributed by atoms with E-state index in [4.69, 9.17) is 5.11 Å². The van der Waals surface area contributed by atoms with Crippen molar-refractivity contribution in [3.05, 3.63) is 21.9 Å². The van der Waals surface area contributed by atoms with Gasteiger partial charge in [-0.15, -0.1) is 11.3 Å². The minimum absolute atomic E-state index is 0.00467. The zero-order valence-corrected chi connectivity index (χ0v) is 10.4. The topological polar surface area (TPSA) is 70.9 Å². The molecule has 0 aliphatic rings. The van der Waals surface area contributed by atoms with Crippen LogP contribution in [0.15, 0.2) is 5.38 Å². The number of aliphatic hydroxyl groups excluding tert-OH is 1. The first kappa shape index (κ1) is 11.4. The molecule has 0 aliphatic heterocycles. The van der Waals surface area contributed by atoms with Gasteiger partial charge in [-0.05, 0) is 0 Å². The second-order valence-electron chi connectivity index (χ2n) is 3.11. The lowest BCUT2D eigenvalue weighted by atomic mass is 10.5. The summed E-state index contributed by atoms with van der Waals surface area (Å²) in [4.78, 5) is 8.53. The Hall–Kier alpha value is -1.05. The van der Waals surface area contributed by atoms with Crippen LogP contribution in [0.25, 0.3) is 0 Å². The third-order valence-corrected chi connectivity index (χ3v) is 3.54. The predicted molar refractivity (Wildman–Crippen MR) is 64.7 cm³/mol. The second kappa shape index (κ2) is 5.33. The maximum atomic E-state index is 8.87. The standard InChI is InChI=1S/C9H12N4OS2/c1-2-7-12-9(16-13-7)10-3-8-11-6(4-14)5-15-8/h5,14H,2-4H2,1H3,(H,10,12,13). The number of anilines is 1. The van der Waals surface area contributed by atoms with Crippen LogP contribution in [0.1, 0.15) is 23.4 Å². The third kappa shape index (κ3) is 2.75. The van der Waals surface area contributed by atoms with Crippen LogP contribution in [-0.4, -0.2) is 19.4 Å². The van der Waals surface area contributed by atoms with Crippen LogP contribution in [0.5, 0.6) is 0 Å². The smallest absolute Gasteiger partial charge is 0.202 e. The lowest BCUT2D eigenvalue weighted by Crippen LogP contribution is -1.99. The van der Waals surface area contributed by atoms with E-state index in [0.29, 0.717) is 12.2 Å². The van der Waals surface area contributed by atoms with Crippen molar-refractivity contribution in [2.24, 2.45) is 0 Å². The van der Waals surface area contributed by atoms with Crippen LogP contribution in [0.3, 0.4) is 0 Å². The Morgan fingerprint density at radius 2 is 2.31 bits per heavy atom. The van der Waals surface area contributed by atoms with E-state index in [1.54, 1.807) is 0 Å². The van der Waals surface area contributed by atoms with Crippen molar-refractivity contribution >= 4 is 28.0 Å². The Morgan fingerprint density at radius 1 is 1.44 bits per heavy atom. The molecule has 2 heterocycles. The summed E-state index contributed by atoms with van der Waals surface area (Å²) in [6.07, 6.45) is 0.851. The van der Waals surface area contributed by atoms with Gasteiger partial charge < -0.3 is 10.4 Å². The maximum Gasteiger partial charge on any atom is 0.202 e. The van der Waals surface area contributed by atoms with Gasteiger partial charge in [0.25, 0.3) is 0 Å². The molecule has 0 unspecified atom stereocenters. The SMILES string of the molecule is CCc1nsc(NCc2nc(CO)cs2)n1. The van der Waals surface area contributed by atoms with Gasteiger partial charge in [-0.25, -0.2) is 9.97 Å². The normalized spacial score (nSPS) is 10.6. The molecule has 86 valence electrons. The fourth-order valence-corrected chi connectivity index (χ4v) is 2.49. The Labute approximate surface area is 101 Å². The monoisotopic (exact) mass is 256 g/mol. The molecular formula is C9H12N4OS2. The first-order valence-corrected chi connectivity index (χ1v) is 6.57. The van der Waals surface area contributed by atoms with Crippen molar-refractivity contribution in [3.63, 3.8) is 0 Å². The number of thiazole rings is 1. The Kier molecular flexibility index (Phi) is 3.81. The minimum atomic E-state index is -0.00467. The highest BCUT2D eigenvalue weighted by Gasteiger charge is 2.04. The number of aryl methyl sites for hydroxylation is 1. The van der Waals surface area contributed by atoms with Crippen molar-refractivity contribution in [3.8, 4) is 0 Å². The molecule has 0 saturated carbocycles. The Balaban J connectivity index is 1.91. The molecule has 2 rings (SSSR count). The summed E-state index contributed by atoms with van der Waals surface area (Å²) in [6, 6.07) is 0. The third-order valence-electron chi connectivity index (χ3n) is 1.94. The molecule has 7 heteroatoms.